The molecule has 152 valence electrons. The molecule has 2 fully saturated rings. The van der Waals surface area contributed by atoms with E-state index in [0.29, 0.717) is 36.0 Å². The van der Waals surface area contributed by atoms with Gasteiger partial charge in [-0.1, -0.05) is 0 Å². The Bertz CT molecular complexity index is 1060. The van der Waals surface area contributed by atoms with E-state index in [0.717, 1.165) is 37.3 Å². The number of nitrogens with one attached hydrogen (secondary N) is 1. The topological polar surface area (TPSA) is 102 Å². The monoisotopic (exact) mass is 395 g/mol. The third-order valence-electron chi connectivity index (χ3n) is 6.04. The number of nitrogens with zero attached hydrogens (tertiary/aromatic N) is 6. The summed E-state index contributed by atoms with van der Waals surface area (Å²) in [4.78, 5) is 31.6. The zero-order chi connectivity index (χ0) is 20.0. The Morgan fingerprint density at radius 3 is 2.62 bits per heavy atom. The minimum Gasteiger partial charge on any atom is -0.381 e. The van der Waals surface area contributed by atoms with Crippen molar-refractivity contribution in [2.45, 2.75) is 44.7 Å². The lowest BCUT2D eigenvalue weighted by Gasteiger charge is -2.41. The first-order valence-corrected chi connectivity index (χ1v) is 10.2. The van der Waals surface area contributed by atoms with Crippen LogP contribution in [-0.2, 0) is 4.74 Å². The Balaban J connectivity index is 1.37. The molecule has 3 aromatic heterocycles. The van der Waals surface area contributed by atoms with Crippen molar-refractivity contribution < 1.29 is 4.74 Å². The Kier molecular flexibility index (Phi) is 4.63. The predicted molar refractivity (Wildman–Crippen MR) is 107 cm³/mol. The number of hydrogen-bond donors (Lipinski definition) is 1. The Labute approximate surface area is 168 Å². The van der Waals surface area contributed by atoms with E-state index in [4.69, 9.17) is 9.72 Å². The van der Waals surface area contributed by atoms with E-state index in [1.807, 2.05) is 24.0 Å². The fraction of sp³-hybridized carbons (Fsp3) is 0.550. The lowest BCUT2D eigenvalue weighted by molar-refractivity contribution is 0.0672. The molecule has 0 spiro atoms. The molecule has 0 aliphatic carbocycles. The molecule has 0 bridgehead atoms. The fourth-order valence-electron chi connectivity index (χ4n) is 4.13. The standard InChI is InChI=1S/C20H25N7O2/c1-12-7-21-18(22-8-12)14-10-26(11-14)13(2)17-24-19-16(20(28)25-17)9-23-27(19)15-3-5-29-6-4-15/h7-9,13-15H,3-6,10-11H2,1-2H3,(H,24,25,28)/t13-/m1/s1. The van der Waals surface area contributed by atoms with Crippen LogP contribution < -0.4 is 5.56 Å². The van der Waals surface area contributed by atoms with E-state index in [2.05, 4.69) is 31.9 Å². The van der Waals surface area contributed by atoms with Gasteiger partial charge in [0.2, 0.25) is 0 Å². The summed E-state index contributed by atoms with van der Waals surface area (Å²) in [5.74, 6) is 1.88. The van der Waals surface area contributed by atoms with Gasteiger partial charge in [0.25, 0.3) is 5.56 Å². The first kappa shape index (κ1) is 18.4. The highest BCUT2D eigenvalue weighted by atomic mass is 16.5. The number of aromatic amines is 1. The fourth-order valence-corrected chi connectivity index (χ4v) is 4.13. The van der Waals surface area contributed by atoms with Crippen LogP contribution >= 0.6 is 0 Å². The quantitative estimate of drug-likeness (QED) is 0.718. The van der Waals surface area contributed by atoms with Crippen molar-refractivity contribution in [2.24, 2.45) is 0 Å². The van der Waals surface area contributed by atoms with Crippen molar-refractivity contribution in [3.63, 3.8) is 0 Å². The summed E-state index contributed by atoms with van der Waals surface area (Å²) in [7, 11) is 0. The zero-order valence-corrected chi connectivity index (χ0v) is 16.7. The number of rotatable bonds is 4. The molecular weight excluding hydrogens is 370 g/mol. The number of aromatic nitrogens is 6. The van der Waals surface area contributed by atoms with E-state index in [1.165, 1.54) is 0 Å². The molecule has 1 N–H and O–H groups in total. The molecule has 5 heterocycles. The van der Waals surface area contributed by atoms with Gasteiger partial charge in [-0.2, -0.15) is 5.10 Å². The van der Waals surface area contributed by atoms with E-state index >= 15 is 0 Å². The van der Waals surface area contributed by atoms with Crippen LogP contribution in [0.1, 0.15) is 55.0 Å². The Hall–Kier alpha value is -2.65. The molecule has 0 saturated carbocycles. The molecule has 0 amide bonds. The van der Waals surface area contributed by atoms with Crippen molar-refractivity contribution in [3.05, 3.63) is 46.2 Å². The second-order valence-corrected chi connectivity index (χ2v) is 8.07. The number of aryl methyl sites for hydroxylation is 1. The molecule has 0 unspecified atom stereocenters. The average molecular weight is 395 g/mol. The third-order valence-corrected chi connectivity index (χ3v) is 6.04. The summed E-state index contributed by atoms with van der Waals surface area (Å²) in [6, 6.07) is 0.234. The van der Waals surface area contributed by atoms with Gasteiger partial charge in [0, 0.05) is 44.6 Å². The van der Waals surface area contributed by atoms with Gasteiger partial charge in [-0.3, -0.25) is 9.69 Å². The van der Waals surface area contributed by atoms with Crippen molar-refractivity contribution in [3.8, 4) is 0 Å². The lowest BCUT2D eigenvalue weighted by Crippen LogP contribution is -2.47. The maximum absolute atomic E-state index is 12.6. The number of hydrogen-bond acceptors (Lipinski definition) is 7. The zero-order valence-electron chi connectivity index (χ0n) is 16.7. The molecular formula is C20H25N7O2. The summed E-state index contributed by atoms with van der Waals surface area (Å²) in [6.07, 6.45) is 7.12. The maximum atomic E-state index is 12.6. The third kappa shape index (κ3) is 3.34. The molecule has 2 aliphatic rings. The van der Waals surface area contributed by atoms with Gasteiger partial charge in [0.05, 0.1) is 18.3 Å². The molecule has 2 saturated heterocycles. The van der Waals surface area contributed by atoms with Crippen LogP contribution in [0.3, 0.4) is 0 Å². The number of H-pyrrole nitrogens is 1. The van der Waals surface area contributed by atoms with Crippen LogP contribution in [0, 0.1) is 6.92 Å². The van der Waals surface area contributed by atoms with Crippen molar-refractivity contribution in [1.82, 2.24) is 34.6 Å². The summed E-state index contributed by atoms with van der Waals surface area (Å²) in [5.41, 5.74) is 1.60. The number of ether oxygens (including phenoxy) is 1. The highest BCUT2D eigenvalue weighted by Gasteiger charge is 2.35. The van der Waals surface area contributed by atoms with Gasteiger partial charge in [0.15, 0.2) is 5.65 Å². The van der Waals surface area contributed by atoms with Gasteiger partial charge in [-0.15, -0.1) is 0 Å². The SMILES string of the molecule is Cc1cnc(C2CN([C@H](C)c3nc4c(cnn4C4CCOCC4)c(=O)[nH]3)C2)nc1. The van der Waals surface area contributed by atoms with E-state index in [-0.39, 0.29) is 17.6 Å². The summed E-state index contributed by atoms with van der Waals surface area (Å²) < 4.78 is 7.36. The molecule has 9 heteroatoms. The van der Waals surface area contributed by atoms with Gasteiger partial charge < -0.3 is 9.72 Å². The van der Waals surface area contributed by atoms with E-state index < -0.39 is 0 Å². The Morgan fingerprint density at radius 2 is 1.90 bits per heavy atom. The number of fused-ring (bicyclic) bond motifs is 1. The van der Waals surface area contributed by atoms with Gasteiger partial charge >= 0.3 is 0 Å². The molecule has 9 nitrogen and oxygen atoms in total. The normalized spacial score (nSPS) is 20.1. The highest BCUT2D eigenvalue weighted by Crippen LogP contribution is 2.32. The number of likely N-dealkylation sites (tertiary alicyclic amines) is 1. The Morgan fingerprint density at radius 1 is 1.17 bits per heavy atom. The van der Waals surface area contributed by atoms with Crippen LogP contribution in [0.2, 0.25) is 0 Å². The summed E-state index contributed by atoms with van der Waals surface area (Å²) in [5, 5.41) is 5.01. The van der Waals surface area contributed by atoms with Crippen LogP contribution in [0.15, 0.2) is 23.4 Å². The van der Waals surface area contributed by atoms with Crippen molar-refractivity contribution >= 4 is 11.0 Å². The average Bonchev–Trinajstić information content (AvgIpc) is 3.13. The van der Waals surface area contributed by atoms with E-state index in [9.17, 15) is 4.79 Å². The minimum absolute atomic E-state index is 0.00633. The van der Waals surface area contributed by atoms with Crippen LogP contribution in [0.25, 0.3) is 11.0 Å². The molecule has 0 aromatic carbocycles. The first-order chi connectivity index (χ1) is 14.1. The first-order valence-electron chi connectivity index (χ1n) is 10.2. The molecule has 1 atom stereocenters. The van der Waals surface area contributed by atoms with Crippen LogP contribution in [-0.4, -0.2) is 60.9 Å². The van der Waals surface area contributed by atoms with Gasteiger partial charge in [0.1, 0.15) is 17.0 Å². The minimum atomic E-state index is -0.130. The lowest BCUT2D eigenvalue weighted by atomic mass is 9.96. The highest BCUT2D eigenvalue weighted by molar-refractivity contribution is 5.73. The summed E-state index contributed by atoms with van der Waals surface area (Å²) >= 11 is 0. The molecule has 0 radical (unpaired) electrons. The van der Waals surface area contributed by atoms with Crippen LogP contribution in [0.5, 0.6) is 0 Å². The molecule has 5 rings (SSSR count). The van der Waals surface area contributed by atoms with Gasteiger partial charge in [-0.25, -0.2) is 19.6 Å². The second-order valence-electron chi connectivity index (χ2n) is 8.07. The van der Waals surface area contributed by atoms with E-state index in [1.54, 1.807) is 6.20 Å². The maximum Gasteiger partial charge on any atom is 0.262 e. The predicted octanol–water partition coefficient (Wildman–Crippen LogP) is 1.73. The largest absolute Gasteiger partial charge is 0.381 e. The van der Waals surface area contributed by atoms with Crippen LogP contribution in [0.4, 0.5) is 0 Å². The van der Waals surface area contributed by atoms with Crippen molar-refractivity contribution in [2.75, 3.05) is 26.3 Å². The smallest absolute Gasteiger partial charge is 0.262 e. The molecule has 2 aliphatic heterocycles. The van der Waals surface area contributed by atoms with Gasteiger partial charge in [-0.05, 0) is 32.3 Å². The summed E-state index contributed by atoms with van der Waals surface area (Å²) in [6.45, 7) is 7.20. The second kappa shape index (κ2) is 7.31. The van der Waals surface area contributed by atoms with Crippen molar-refractivity contribution in [1.29, 1.82) is 0 Å². The molecule has 3 aromatic rings. The molecule has 29 heavy (non-hydrogen) atoms.